The van der Waals surface area contributed by atoms with Gasteiger partial charge in [-0.3, -0.25) is 4.98 Å². The lowest BCUT2D eigenvalue weighted by Crippen LogP contribution is -1.85. The summed E-state index contributed by atoms with van der Waals surface area (Å²) in [6.45, 7) is 0.0774. The molecule has 3 heteroatoms. The van der Waals surface area contributed by atoms with E-state index < -0.39 is 0 Å². The third-order valence-corrected chi connectivity index (χ3v) is 2.63. The molecule has 0 atom stereocenters. The monoisotopic (exact) mass is 263 g/mol. The molecule has 0 aliphatic heterocycles. The minimum atomic E-state index is 0.0774. The number of hydrogen-bond donors (Lipinski definition) is 1. The first-order valence-electron chi connectivity index (χ1n) is 4.61. The van der Waals surface area contributed by atoms with Crippen molar-refractivity contribution in [3.63, 3.8) is 0 Å². The molecule has 1 aromatic heterocycles. The molecule has 2 rings (SSSR count). The molecule has 0 aliphatic rings. The van der Waals surface area contributed by atoms with Crippen LogP contribution in [0.5, 0.6) is 0 Å². The highest BCUT2D eigenvalue weighted by Crippen LogP contribution is 2.19. The molecule has 15 heavy (non-hydrogen) atoms. The predicted octanol–water partition coefficient (Wildman–Crippen LogP) is 3.00. The van der Waals surface area contributed by atoms with Gasteiger partial charge in [0.1, 0.15) is 0 Å². The Morgan fingerprint density at radius 3 is 2.33 bits per heavy atom. The highest BCUT2D eigenvalue weighted by Gasteiger charge is 1.98. The van der Waals surface area contributed by atoms with Crippen LogP contribution in [0.4, 0.5) is 0 Å². The van der Waals surface area contributed by atoms with Gasteiger partial charge >= 0.3 is 0 Å². The quantitative estimate of drug-likeness (QED) is 0.904. The van der Waals surface area contributed by atoms with Crippen molar-refractivity contribution in [2.45, 2.75) is 6.61 Å². The van der Waals surface area contributed by atoms with Gasteiger partial charge in [0.2, 0.25) is 0 Å². The lowest BCUT2D eigenvalue weighted by atomic mass is 10.1. The summed E-state index contributed by atoms with van der Waals surface area (Å²) < 4.78 is 0.971. The fourth-order valence-corrected chi connectivity index (χ4v) is 1.56. The number of nitrogens with zero attached hydrogens (tertiary/aromatic N) is 1. The molecule has 1 heterocycles. The van der Waals surface area contributed by atoms with Crippen molar-refractivity contribution >= 4 is 15.9 Å². The Labute approximate surface area is 96.7 Å². The zero-order valence-electron chi connectivity index (χ0n) is 8.02. The van der Waals surface area contributed by atoms with Crippen molar-refractivity contribution in [3.05, 3.63) is 52.6 Å². The number of aliphatic hydroxyl groups is 1. The molecule has 0 fully saturated rings. The van der Waals surface area contributed by atoms with Crippen LogP contribution >= 0.6 is 15.9 Å². The molecule has 2 aromatic rings. The van der Waals surface area contributed by atoms with E-state index in [1.807, 2.05) is 36.4 Å². The van der Waals surface area contributed by atoms with Crippen LogP contribution in [0, 0.1) is 0 Å². The zero-order chi connectivity index (χ0) is 10.7. The number of aromatic nitrogens is 1. The first-order chi connectivity index (χ1) is 7.29. The number of rotatable bonds is 2. The number of pyridine rings is 1. The van der Waals surface area contributed by atoms with E-state index in [4.69, 9.17) is 5.11 Å². The maximum absolute atomic E-state index is 8.91. The van der Waals surface area contributed by atoms with Gasteiger partial charge in [-0.15, -0.1) is 0 Å². The van der Waals surface area contributed by atoms with Crippen molar-refractivity contribution in [1.82, 2.24) is 4.98 Å². The molecule has 0 bridgehead atoms. The molecule has 76 valence electrons. The normalized spacial score (nSPS) is 10.3. The van der Waals surface area contributed by atoms with Gasteiger partial charge in [0.05, 0.1) is 12.3 Å². The fourth-order valence-electron chi connectivity index (χ4n) is 1.33. The topological polar surface area (TPSA) is 33.1 Å². The number of benzene rings is 1. The van der Waals surface area contributed by atoms with Gasteiger partial charge in [-0.1, -0.05) is 24.3 Å². The Kier molecular flexibility index (Phi) is 3.14. The highest BCUT2D eigenvalue weighted by molar-refractivity contribution is 9.10. The van der Waals surface area contributed by atoms with E-state index in [1.165, 1.54) is 0 Å². The molecule has 0 amide bonds. The third kappa shape index (κ3) is 2.43. The second-order valence-electron chi connectivity index (χ2n) is 3.22. The van der Waals surface area contributed by atoms with E-state index >= 15 is 0 Å². The van der Waals surface area contributed by atoms with Gasteiger partial charge in [-0.05, 0) is 33.6 Å². The van der Waals surface area contributed by atoms with Gasteiger partial charge in [-0.25, -0.2) is 0 Å². The summed E-state index contributed by atoms with van der Waals surface area (Å²) in [5.74, 6) is 0. The summed E-state index contributed by atoms with van der Waals surface area (Å²) in [7, 11) is 0. The fraction of sp³-hybridized carbons (Fsp3) is 0.0833. The Hall–Kier alpha value is -1.19. The van der Waals surface area contributed by atoms with E-state index in [1.54, 1.807) is 6.20 Å². The molecule has 1 N–H and O–H groups in total. The molecule has 0 saturated carbocycles. The summed E-state index contributed by atoms with van der Waals surface area (Å²) in [6, 6.07) is 11.6. The van der Waals surface area contributed by atoms with Crippen LogP contribution in [0.1, 0.15) is 5.56 Å². The van der Waals surface area contributed by atoms with Gasteiger partial charge in [0.15, 0.2) is 0 Å². The molecule has 0 spiro atoms. The van der Waals surface area contributed by atoms with Crippen molar-refractivity contribution in [3.8, 4) is 11.3 Å². The van der Waals surface area contributed by atoms with Gasteiger partial charge < -0.3 is 5.11 Å². The Morgan fingerprint density at radius 2 is 1.80 bits per heavy atom. The number of hydrogen-bond acceptors (Lipinski definition) is 2. The summed E-state index contributed by atoms with van der Waals surface area (Å²) in [4.78, 5) is 4.29. The molecule has 1 aromatic carbocycles. The van der Waals surface area contributed by atoms with Crippen LogP contribution in [0.15, 0.2) is 47.1 Å². The Bertz CT molecular complexity index is 436. The first kappa shape index (κ1) is 10.3. The SMILES string of the molecule is OCc1ccc(-c2ccc(Br)cn2)cc1. The maximum atomic E-state index is 8.91. The molecule has 0 aliphatic carbocycles. The van der Waals surface area contributed by atoms with Crippen LogP contribution in [0.2, 0.25) is 0 Å². The van der Waals surface area contributed by atoms with Crippen LogP contribution in [-0.2, 0) is 6.61 Å². The van der Waals surface area contributed by atoms with Crippen molar-refractivity contribution in [2.75, 3.05) is 0 Å². The van der Waals surface area contributed by atoms with Crippen LogP contribution < -0.4 is 0 Å². The molecule has 0 saturated heterocycles. The summed E-state index contributed by atoms with van der Waals surface area (Å²) in [6.07, 6.45) is 1.77. The van der Waals surface area contributed by atoms with Gasteiger partial charge in [-0.2, -0.15) is 0 Å². The van der Waals surface area contributed by atoms with E-state index in [-0.39, 0.29) is 6.61 Å². The lowest BCUT2D eigenvalue weighted by Gasteiger charge is -2.01. The standard InChI is InChI=1S/C12H10BrNO/c13-11-5-6-12(14-7-11)10-3-1-9(8-15)2-4-10/h1-7,15H,8H2. The average molecular weight is 264 g/mol. The molecule has 0 unspecified atom stereocenters. The van der Waals surface area contributed by atoms with Crippen molar-refractivity contribution in [2.24, 2.45) is 0 Å². The number of aliphatic hydroxyl groups excluding tert-OH is 1. The van der Waals surface area contributed by atoms with E-state index in [0.29, 0.717) is 0 Å². The van der Waals surface area contributed by atoms with E-state index in [0.717, 1.165) is 21.3 Å². The van der Waals surface area contributed by atoms with Crippen molar-refractivity contribution < 1.29 is 5.11 Å². The molecule has 0 radical (unpaired) electrons. The molecular formula is C12H10BrNO. The van der Waals surface area contributed by atoms with E-state index in [2.05, 4.69) is 20.9 Å². The molecule has 2 nitrogen and oxygen atoms in total. The van der Waals surface area contributed by atoms with Crippen LogP contribution in [0.25, 0.3) is 11.3 Å². The minimum Gasteiger partial charge on any atom is -0.392 e. The van der Waals surface area contributed by atoms with Crippen LogP contribution in [-0.4, -0.2) is 10.1 Å². The number of halogens is 1. The summed E-state index contributed by atoms with van der Waals surface area (Å²) in [5, 5.41) is 8.91. The van der Waals surface area contributed by atoms with Gasteiger partial charge in [0, 0.05) is 16.2 Å². The summed E-state index contributed by atoms with van der Waals surface area (Å²) >= 11 is 3.35. The molecular weight excluding hydrogens is 254 g/mol. The predicted molar refractivity (Wildman–Crippen MR) is 63.3 cm³/mol. The van der Waals surface area contributed by atoms with E-state index in [9.17, 15) is 0 Å². The Balaban J connectivity index is 2.33. The largest absolute Gasteiger partial charge is 0.392 e. The lowest BCUT2D eigenvalue weighted by molar-refractivity contribution is 0.282. The van der Waals surface area contributed by atoms with Crippen molar-refractivity contribution in [1.29, 1.82) is 0 Å². The summed E-state index contributed by atoms with van der Waals surface area (Å²) in [5.41, 5.74) is 2.90. The third-order valence-electron chi connectivity index (χ3n) is 2.16. The first-order valence-corrected chi connectivity index (χ1v) is 5.40. The van der Waals surface area contributed by atoms with Gasteiger partial charge in [0.25, 0.3) is 0 Å². The maximum Gasteiger partial charge on any atom is 0.0702 e. The minimum absolute atomic E-state index is 0.0774. The highest BCUT2D eigenvalue weighted by atomic mass is 79.9. The van der Waals surface area contributed by atoms with Crippen LogP contribution in [0.3, 0.4) is 0 Å². The smallest absolute Gasteiger partial charge is 0.0702 e. The zero-order valence-corrected chi connectivity index (χ0v) is 9.61. The second-order valence-corrected chi connectivity index (χ2v) is 4.13. The average Bonchev–Trinajstić information content (AvgIpc) is 2.30. The Morgan fingerprint density at radius 1 is 1.07 bits per heavy atom. The second kappa shape index (κ2) is 4.55.